The Morgan fingerprint density at radius 2 is 1.96 bits per heavy atom. The van der Waals surface area contributed by atoms with Crippen LogP contribution in [0, 0.1) is 0 Å². The number of para-hydroxylation sites is 1. The van der Waals surface area contributed by atoms with Crippen molar-refractivity contribution in [2.24, 2.45) is 5.73 Å². The Balaban J connectivity index is 1.83. The third-order valence-electron chi connectivity index (χ3n) is 4.12. The van der Waals surface area contributed by atoms with Crippen molar-refractivity contribution in [1.29, 1.82) is 0 Å². The molecule has 2 aromatic carbocycles. The van der Waals surface area contributed by atoms with Crippen LogP contribution in [0.3, 0.4) is 0 Å². The summed E-state index contributed by atoms with van der Waals surface area (Å²) in [5.74, 6) is -0.285. The van der Waals surface area contributed by atoms with E-state index in [0.717, 1.165) is 10.9 Å². The molecule has 132 valence electrons. The molecule has 0 bridgehead atoms. The van der Waals surface area contributed by atoms with E-state index >= 15 is 0 Å². The maximum absolute atomic E-state index is 12.7. The Morgan fingerprint density at radius 3 is 2.73 bits per heavy atom. The number of hydrogen-bond donors (Lipinski definition) is 2. The maximum atomic E-state index is 12.7. The average molecular weight is 349 g/mol. The van der Waals surface area contributed by atoms with Crippen LogP contribution in [0.15, 0.2) is 60.8 Å². The molecule has 6 heteroatoms. The van der Waals surface area contributed by atoms with Crippen molar-refractivity contribution in [3.05, 3.63) is 71.9 Å². The molecule has 1 aromatic heterocycles. The minimum Gasteiger partial charge on any atom is -0.497 e. The SMILES string of the molecule is COc1cccc(C[C@@H](NC(=O)c2ccnc3ccccc23)C(N)=O)c1. The lowest BCUT2D eigenvalue weighted by molar-refractivity contribution is -0.119. The van der Waals surface area contributed by atoms with Gasteiger partial charge in [0.05, 0.1) is 18.2 Å². The number of fused-ring (bicyclic) bond motifs is 1. The van der Waals surface area contributed by atoms with Crippen molar-refractivity contribution >= 4 is 22.7 Å². The maximum Gasteiger partial charge on any atom is 0.252 e. The lowest BCUT2D eigenvalue weighted by Gasteiger charge is -2.16. The van der Waals surface area contributed by atoms with E-state index in [1.165, 1.54) is 0 Å². The number of methoxy groups -OCH3 is 1. The molecule has 0 fully saturated rings. The van der Waals surface area contributed by atoms with Crippen LogP contribution in [0.4, 0.5) is 0 Å². The highest BCUT2D eigenvalue weighted by atomic mass is 16.5. The van der Waals surface area contributed by atoms with Crippen molar-refractivity contribution in [3.8, 4) is 5.75 Å². The summed E-state index contributed by atoms with van der Waals surface area (Å²) in [5, 5.41) is 3.45. The molecular formula is C20H19N3O3. The molecule has 3 aromatic rings. The van der Waals surface area contributed by atoms with Crippen LogP contribution in [0.1, 0.15) is 15.9 Å². The summed E-state index contributed by atoms with van der Waals surface area (Å²) in [6.07, 6.45) is 1.85. The van der Waals surface area contributed by atoms with Crippen molar-refractivity contribution in [1.82, 2.24) is 10.3 Å². The minimum absolute atomic E-state index is 0.279. The number of rotatable bonds is 6. The summed E-state index contributed by atoms with van der Waals surface area (Å²) in [5.41, 5.74) is 7.50. The second-order valence-electron chi connectivity index (χ2n) is 5.86. The first-order valence-corrected chi connectivity index (χ1v) is 8.15. The van der Waals surface area contributed by atoms with Gasteiger partial charge in [-0.2, -0.15) is 0 Å². The van der Waals surface area contributed by atoms with Gasteiger partial charge < -0.3 is 15.8 Å². The number of hydrogen-bond acceptors (Lipinski definition) is 4. The highest BCUT2D eigenvalue weighted by Crippen LogP contribution is 2.17. The molecule has 3 N–H and O–H groups in total. The van der Waals surface area contributed by atoms with Gasteiger partial charge in [-0.05, 0) is 29.8 Å². The molecule has 3 rings (SSSR count). The summed E-state index contributed by atoms with van der Waals surface area (Å²) in [6, 6.07) is 15.4. The van der Waals surface area contributed by atoms with Gasteiger partial charge in [0.2, 0.25) is 5.91 Å². The second-order valence-corrected chi connectivity index (χ2v) is 5.86. The lowest BCUT2D eigenvalue weighted by Crippen LogP contribution is -2.45. The number of carbonyl (C=O) groups excluding carboxylic acids is 2. The number of amides is 2. The number of primary amides is 1. The predicted octanol–water partition coefficient (Wildman–Crippen LogP) is 2.07. The first kappa shape index (κ1) is 17.4. The van der Waals surface area contributed by atoms with Crippen LogP contribution in [-0.2, 0) is 11.2 Å². The molecule has 0 aliphatic carbocycles. The Hall–Kier alpha value is -3.41. The Labute approximate surface area is 151 Å². The molecule has 6 nitrogen and oxygen atoms in total. The molecule has 0 radical (unpaired) electrons. The zero-order valence-corrected chi connectivity index (χ0v) is 14.3. The fourth-order valence-corrected chi connectivity index (χ4v) is 2.79. The number of nitrogens with one attached hydrogen (secondary N) is 1. The standard InChI is InChI=1S/C20H19N3O3/c1-26-14-6-4-5-13(11-14)12-18(19(21)24)23-20(25)16-9-10-22-17-8-3-2-7-15(16)17/h2-11,18H,12H2,1H3,(H2,21,24)(H,23,25)/t18-/m1/s1. The average Bonchev–Trinajstić information content (AvgIpc) is 2.67. The van der Waals surface area contributed by atoms with Gasteiger partial charge in [0, 0.05) is 18.0 Å². The Morgan fingerprint density at radius 1 is 1.15 bits per heavy atom. The molecule has 0 aliphatic heterocycles. The van der Waals surface area contributed by atoms with Gasteiger partial charge in [-0.15, -0.1) is 0 Å². The number of carbonyl (C=O) groups is 2. The third-order valence-corrected chi connectivity index (χ3v) is 4.12. The van der Waals surface area contributed by atoms with E-state index in [2.05, 4.69) is 10.3 Å². The van der Waals surface area contributed by atoms with Gasteiger partial charge in [0.1, 0.15) is 11.8 Å². The number of ether oxygens (including phenoxy) is 1. The number of benzene rings is 2. The van der Waals surface area contributed by atoms with Gasteiger partial charge in [-0.1, -0.05) is 30.3 Å². The highest BCUT2D eigenvalue weighted by Gasteiger charge is 2.21. The van der Waals surface area contributed by atoms with Gasteiger partial charge >= 0.3 is 0 Å². The quantitative estimate of drug-likeness (QED) is 0.712. The summed E-state index contributed by atoms with van der Waals surface area (Å²) in [4.78, 5) is 28.8. The molecule has 1 atom stereocenters. The Kier molecular flexibility index (Phi) is 5.12. The van der Waals surface area contributed by atoms with Crippen molar-refractivity contribution < 1.29 is 14.3 Å². The fourth-order valence-electron chi connectivity index (χ4n) is 2.79. The van der Waals surface area contributed by atoms with Crippen LogP contribution in [0.25, 0.3) is 10.9 Å². The minimum atomic E-state index is -0.832. The molecule has 26 heavy (non-hydrogen) atoms. The first-order valence-electron chi connectivity index (χ1n) is 8.15. The summed E-state index contributed by atoms with van der Waals surface area (Å²) < 4.78 is 5.19. The van der Waals surface area contributed by atoms with Crippen molar-refractivity contribution in [2.45, 2.75) is 12.5 Å². The number of aromatic nitrogens is 1. The van der Waals surface area contributed by atoms with Crippen molar-refractivity contribution in [2.75, 3.05) is 7.11 Å². The van der Waals surface area contributed by atoms with E-state index in [1.54, 1.807) is 19.4 Å². The van der Waals surface area contributed by atoms with E-state index < -0.39 is 11.9 Å². The Bertz CT molecular complexity index is 950. The molecule has 2 amide bonds. The van der Waals surface area contributed by atoms with Crippen LogP contribution < -0.4 is 15.8 Å². The van der Waals surface area contributed by atoms with E-state index in [-0.39, 0.29) is 12.3 Å². The van der Waals surface area contributed by atoms with E-state index in [4.69, 9.17) is 10.5 Å². The van der Waals surface area contributed by atoms with Crippen LogP contribution in [0.2, 0.25) is 0 Å². The normalized spacial score (nSPS) is 11.7. The second kappa shape index (κ2) is 7.65. The molecule has 0 saturated heterocycles. The molecule has 0 unspecified atom stereocenters. The van der Waals surface area contributed by atoms with E-state index in [9.17, 15) is 9.59 Å². The van der Waals surface area contributed by atoms with E-state index in [1.807, 2.05) is 48.5 Å². The topological polar surface area (TPSA) is 94.3 Å². The smallest absolute Gasteiger partial charge is 0.252 e. The first-order chi connectivity index (χ1) is 12.6. The summed E-state index contributed by atoms with van der Waals surface area (Å²) in [7, 11) is 1.57. The molecular weight excluding hydrogens is 330 g/mol. The van der Waals surface area contributed by atoms with Gasteiger partial charge in [0.25, 0.3) is 5.91 Å². The summed E-state index contributed by atoms with van der Waals surface area (Å²) >= 11 is 0. The largest absolute Gasteiger partial charge is 0.497 e. The zero-order valence-electron chi connectivity index (χ0n) is 14.3. The lowest BCUT2D eigenvalue weighted by atomic mass is 10.0. The number of nitrogens with zero attached hydrogens (tertiary/aromatic N) is 1. The predicted molar refractivity (Wildman–Crippen MR) is 98.9 cm³/mol. The molecule has 0 spiro atoms. The van der Waals surface area contributed by atoms with E-state index in [0.29, 0.717) is 16.8 Å². The molecule has 0 aliphatic rings. The van der Waals surface area contributed by atoms with Crippen LogP contribution in [-0.4, -0.2) is 29.9 Å². The zero-order chi connectivity index (χ0) is 18.5. The van der Waals surface area contributed by atoms with Crippen LogP contribution in [0.5, 0.6) is 5.75 Å². The fraction of sp³-hybridized carbons (Fsp3) is 0.150. The van der Waals surface area contributed by atoms with Crippen LogP contribution >= 0.6 is 0 Å². The monoisotopic (exact) mass is 349 g/mol. The van der Waals surface area contributed by atoms with Crippen molar-refractivity contribution in [3.63, 3.8) is 0 Å². The van der Waals surface area contributed by atoms with Gasteiger partial charge in [0.15, 0.2) is 0 Å². The number of nitrogens with two attached hydrogens (primary N) is 1. The van der Waals surface area contributed by atoms with Gasteiger partial charge in [-0.3, -0.25) is 14.6 Å². The highest BCUT2D eigenvalue weighted by molar-refractivity contribution is 6.07. The molecule has 0 saturated carbocycles. The number of pyridine rings is 1. The molecule has 1 heterocycles. The third kappa shape index (κ3) is 3.80. The summed E-state index contributed by atoms with van der Waals surface area (Å²) in [6.45, 7) is 0. The van der Waals surface area contributed by atoms with Gasteiger partial charge in [-0.25, -0.2) is 0 Å².